The Morgan fingerprint density at radius 2 is 2.00 bits per heavy atom. The van der Waals surface area contributed by atoms with Crippen LogP contribution in [0.25, 0.3) is 6.08 Å². The van der Waals surface area contributed by atoms with Crippen LogP contribution in [0, 0.1) is 0 Å². The van der Waals surface area contributed by atoms with Crippen molar-refractivity contribution in [1.82, 2.24) is 0 Å². The highest BCUT2D eigenvalue weighted by Gasteiger charge is 1.97. The van der Waals surface area contributed by atoms with Crippen LogP contribution in [0.2, 0.25) is 0 Å². The van der Waals surface area contributed by atoms with E-state index >= 15 is 0 Å². The summed E-state index contributed by atoms with van der Waals surface area (Å²) >= 11 is 0. The Morgan fingerprint density at radius 1 is 1.24 bits per heavy atom. The van der Waals surface area contributed by atoms with Gasteiger partial charge in [0.05, 0.1) is 0 Å². The molecule has 1 aromatic rings. The zero-order chi connectivity index (χ0) is 12.3. The maximum absolute atomic E-state index is 5.72. The van der Waals surface area contributed by atoms with Gasteiger partial charge in [-0.3, -0.25) is 0 Å². The predicted octanol–water partition coefficient (Wildman–Crippen LogP) is -1.15. The molecule has 0 saturated heterocycles. The van der Waals surface area contributed by atoms with Crippen molar-refractivity contribution in [2.24, 2.45) is 0 Å². The smallest absolute Gasteiger partial charge is 0.284 e. The molecule has 0 amide bonds. The monoisotopic (exact) mass is 300 g/mol. The van der Waals surface area contributed by atoms with E-state index < -0.39 is 29.8 Å². The molecule has 7 heteroatoms. The van der Waals surface area contributed by atoms with Gasteiger partial charge in [0.25, 0.3) is 20.0 Å². The van der Waals surface area contributed by atoms with E-state index in [0.29, 0.717) is 0 Å². The van der Waals surface area contributed by atoms with Gasteiger partial charge < -0.3 is 12.3 Å². The topological polar surface area (TPSA) is 27.7 Å². The molecule has 3 nitrogen and oxygen atoms in total. The Labute approximate surface area is 113 Å². The third-order valence-corrected chi connectivity index (χ3v) is 7.11. The molecule has 0 spiro atoms. The number of hydrogen-bond acceptors (Lipinski definition) is 3. The van der Waals surface area contributed by atoms with Crippen molar-refractivity contribution in [2.45, 2.75) is 13.3 Å². The second-order valence-electron chi connectivity index (χ2n) is 3.64. The standard InChI is InChI=1S/C10H20O3Si4/c1-2-10(15-12-17-13-16-11-14)8-9-6-4-3-5-7-9/h3-8H,2,15-17H2,1,14H3. The fourth-order valence-electron chi connectivity index (χ4n) is 1.38. The first-order chi connectivity index (χ1) is 8.36. The van der Waals surface area contributed by atoms with E-state index in [0.717, 1.165) is 16.9 Å². The lowest BCUT2D eigenvalue weighted by Gasteiger charge is -2.07. The molecule has 0 aromatic heterocycles. The summed E-state index contributed by atoms with van der Waals surface area (Å²) in [6.45, 7) is 2.18. The van der Waals surface area contributed by atoms with Gasteiger partial charge in [0, 0.05) is 0 Å². The molecule has 0 radical (unpaired) electrons. The van der Waals surface area contributed by atoms with Crippen molar-refractivity contribution < 1.29 is 12.3 Å². The summed E-state index contributed by atoms with van der Waals surface area (Å²) in [4.78, 5) is 0. The van der Waals surface area contributed by atoms with Crippen LogP contribution >= 0.6 is 0 Å². The molecule has 0 heterocycles. The third kappa shape index (κ3) is 6.88. The normalized spacial score (nSPS) is 14.1. The number of benzene rings is 1. The van der Waals surface area contributed by atoms with Crippen molar-refractivity contribution in [3.8, 4) is 0 Å². The van der Waals surface area contributed by atoms with Crippen LogP contribution in [0.1, 0.15) is 18.9 Å². The van der Waals surface area contributed by atoms with E-state index in [1.165, 1.54) is 10.8 Å². The van der Waals surface area contributed by atoms with Crippen LogP contribution in [-0.4, -0.2) is 40.3 Å². The van der Waals surface area contributed by atoms with Crippen LogP contribution in [0.5, 0.6) is 0 Å². The maximum atomic E-state index is 5.72. The highest BCUT2D eigenvalue weighted by atomic mass is 28.4. The lowest BCUT2D eigenvalue weighted by molar-refractivity contribution is 0.440. The molecule has 1 rings (SSSR count). The second kappa shape index (κ2) is 9.71. The van der Waals surface area contributed by atoms with Crippen LogP contribution in [0.3, 0.4) is 0 Å². The van der Waals surface area contributed by atoms with E-state index in [-0.39, 0.29) is 0 Å². The SMILES string of the molecule is CCC(=Cc1ccccc1)[SiH2]O[SiH2]O[SiH2]O[SiH3]. The minimum Gasteiger partial charge on any atom is -0.449 e. The number of hydrogen-bond donors (Lipinski definition) is 0. The molecule has 17 heavy (non-hydrogen) atoms. The zero-order valence-electron chi connectivity index (χ0n) is 10.5. The second-order valence-corrected chi connectivity index (χ2v) is 10.9. The summed E-state index contributed by atoms with van der Waals surface area (Å²) in [5.74, 6) is 0. The lowest BCUT2D eigenvalue weighted by atomic mass is 10.2. The molecule has 0 atom stereocenters. The number of rotatable bonds is 8. The van der Waals surface area contributed by atoms with Gasteiger partial charge in [-0.15, -0.1) is 0 Å². The summed E-state index contributed by atoms with van der Waals surface area (Å²) in [6, 6.07) is 10.4. The Bertz CT molecular complexity index is 332. The van der Waals surface area contributed by atoms with Crippen molar-refractivity contribution in [1.29, 1.82) is 0 Å². The van der Waals surface area contributed by atoms with Gasteiger partial charge in [0.15, 0.2) is 9.76 Å². The van der Waals surface area contributed by atoms with Gasteiger partial charge in [-0.2, -0.15) is 0 Å². The Hall–Kier alpha value is -0.292. The predicted molar refractivity (Wildman–Crippen MR) is 83.5 cm³/mol. The maximum Gasteiger partial charge on any atom is 0.284 e. The molecule has 94 valence electrons. The van der Waals surface area contributed by atoms with Gasteiger partial charge >= 0.3 is 0 Å². The molecule has 0 N–H and O–H groups in total. The average Bonchev–Trinajstić information content (AvgIpc) is 2.38. The van der Waals surface area contributed by atoms with Crippen LogP contribution < -0.4 is 0 Å². The summed E-state index contributed by atoms with van der Waals surface area (Å²) in [6.07, 6.45) is 3.32. The summed E-state index contributed by atoms with van der Waals surface area (Å²) < 4.78 is 16.2. The van der Waals surface area contributed by atoms with Crippen LogP contribution in [0.15, 0.2) is 35.5 Å². The molecule has 0 aliphatic carbocycles. The van der Waals surface area contributed by atoms with Crippen LogP contribution in [0.4, 0.5) is 0 Å². The highest BCUT2D eigenvalue weighted by molar-refractivity contribution is 6.49. The molecular weight excluding hydrogens is 280 g/mol. The van der Waals surface area contributed by atoms with Crippen molar-refractivity contribution in [3.05, 3.63) is 41.1 Å². The van der Waals surface area contributed by atoms with Crippen molar-refractivity contribution in [3.63, 3.8) is 0 Å². The summed E-state index contributed by atoms with van der Waals surface area (Å²) in [7, 11) is -1.23. The summed E-state index contributed by atoms with van der Waals surface area (Å²) in [5.41, 5.74) is 1.26. The highest BCUT2D eigenvalue weighted by Crippen LogP contribution is 2.08. The number of allylic oxidation sites excluding steroid dienone is 1. The Morgan fingerprint density at radius 3 is 2.65 bits per heavy atom. The Kier molecular flexibility index (Phi) is 8.43. The first-order valence-electron chi connectivity index (χ1n) is 5.75. The van der Waals surface area contributed by atoms with Gasteiger partial charge in [-0.1, -0.05) is 48.5 Å². The third-order valence-electron chi connectivity index (χ3n) is 2.28. The lowest BCUT2D eigenvalue weighted by Crippen LogP contribution is -2.13. The summed E-state index contributed by atoms with van der Waals surface area (Å²) in [5, 5.41) is 1.45. The minimum absolute atomic E-state index is 0.571. The molecule has 0 aliphatic heterocycles. The molecule has 0 fully saturated rings. The van der Waals surface area contributed by atoms with E-state index in [1.54, 1.807) is 0 Å². The zero-order valence-corrected chi connectivity index (χ0v) is 16.8. The van der Waals surface area contributed by atoms with E-state index in [2.05, 4.69) is 37.3 Å². The molecular formula is C10H20O3Si4. The van der Waals surface area contributed by atoms with E-state index in [1.807, 2.05) is 6.07 Å². The van der Waals surface area contributed by atoms with Crippen molar-refractivity contribution in [2.75, 3.05) is 0 Å². The molecule has 0 saturated carbocycles. The quantitative estimate of drug-likeness (QED) is 0.448. The van der Waals surface area contributed by atoms with Gasteiger partial charge in [0.2, 0.25) is 0 Å². The van der Waals surface area contributed by atoms with E-state index in [4.69, 9.17) is 12.3 Å². The average molecular weight is 301 g/mol. The minimum atomic E-state index is -0.761. The van der Waals surface area contributed by atoms with Crippen molar-refractivity contribution >= 4 is 46.3 Å². The molecule has 0 bridgehead atoms. The van der Waals surface area contributed by atoms with Crippen LogP contribution in [-0.2, 0) is 12.3 Å². The molecule has 1 aromatic carbocycles. The van der Waals surface area contributed by atoms with Gasteiger partial charge in [0.1, 0.15) is 10.5 Å². The van der Waals surface area contributed by atoms with E-state index in [9.17, 15) is 0 Å². The molecule has 0 unspecified atom stereocenters. The first kappa shape index (κ1) is 14.8. The largest absolute Gasteiger partial charge is 0.449 e. The fraction of sp³-hybridized carbons (Fsp3) is 0.200. The van der Waals surface area contributed by atoms with Gasteiger partial charge in [-0.05, 0) is 12.0 Å². The fourth-order valence-corrected chi connectivity index (χ4v) is 7.26. The Balaban J connectivity index is 2.35. The van der Waals surface area contributed by atoms with Gasteiger partial charge in [-0.25, -0.2) is 0 Å². The molecule has 0 aliphatic rings. The first-order valence-corrected chi connectivity index (χ1v) is 10.2.